The summed E-state index contributed by atoms with van der Waals surface area (Å²) in [6.07, 6.45) is -4.36. The second kappa shape index (κ2) is 7.12. The van der Waals surface area contributed by atoms with Gasteiger partial charge in [-0.1, -0.05) is 28.4 Å². The Morgan fingerprint density at radius 2 is 1.86 bits per heavy atom. The van der Waals surface area contributed by atoms with E-state index in [4.69, 9.17) is 28.4 Å². The number of alkyl halides is 3. The lowest BCUT2D eigenvalue weighted by Gasteiger charge is -2.08. The number of rotatable bonds is 4. The van der Waals surface area contributed by atoms with E-state index in [1.165, 1.54) is 23.9 Å². The van der Waals surface area contributed by atoms with Crippen molar-refractivity contribution in [3.8, 4) is 0 Å². The molecule has 0 fully saturated rings. The number of hydrogen-bond donors (Lipinski definition) is 1. The summed E-state index contributed by atoms with van der Waals surface area (Å²) in [5, 5.41) is 12.3. The van der Waals surface area contributed by atoms with Gasteiger partial charge in [-0.2, -0.15) is 13.2 Å². The lowest BCUT2D eigenvalue weighted by atomic mass is 10.2. The summed E-state index contributed by atoms with van der Waals surface area (Å²) in [5.74, 6) is 0.245. The molecule has 1 aromatic carbocycles. The highest BCUT2D eigenvalue weighted by molar-refractivity contribution is 8.00. The van der Waals surface area contributed by atoms with Crippen LogP contribution >= 0.6 is 46.3 Å². The largest absolute Gasteiger partial charge is 0.416 e. The van der Waals surface area contributed by atoms with Crippen LogP contribution in [0.4, 0.5) is 13.2 Å². The van der Waals surface area contributed by atoms with Gasteiger partial charge in [-0.05, 0) is 30.3 Å². The van der Waals surface area contributed by atoms with E-state index in [9.17, 15) is 13.2 Å². The third-order valence-corrected chi connectivity index (χ3v) is 5.16. The highest BCUT2D eigenvalue weighted by Gasteiger charge is 2.29. The summed E-state index contributed by atoms with van der Waals surface area (Å²) < 4.78 is 38.3. The lowest BCUT2D eigenvalue weighted by molar-refractivity contribution is -0.137. The first kappa shape index (κ1) is 17.5. The number of hydrogen-bond acceptors (Lipinski definition) is 4. The van der Waals surface area contributed by atoms with Gasteiger partial charge in [-0.25, -0.2) is 0 Å². The Balaban J connectivity index is 2.07. The van der Waals surface area contributed by atoms with E-state index < -0.39 is 11.7 Å². The van der Waals surface area contributed by atoms with E-state index in [2.05, 4.69) is 5.16 Å². The zero-order chi connectivity index (χ0) is 16.3. The Morgan fingerprint density at radius 1 is 1.23 bits per heavy atom. The van der Waals surface area contributed by atoms with E-state index in [1.54, 1.807) is 6.07 Å². The maximum Gasteiger partial charge on any atom is 0.416 e. The summed E-state index contributed by atoms with van der Waals surface area (Å²) >= 11 is 14.2. The third kappa shape index (κ3) is 4.32. The molecule has 1 heterocycles. The lowest BCUT2D eigenvalue weighted by Crippen LogP contribution is -2.05. The zero-order valence-electron chi connectivity index (χ0n) is 10.7. The first-order chi connectivity index (χ1) is 10.3. The molecule has 0 aliphatic rings. The van der Waals surface area contributed by atoms with Crippen LogP contribution in [-0.4, -0.2) is 16.7 Å². The van der Waals surface area contributed by atoms with Crippen LogP contribution in [0, 0.1) is 0 Å². The maximum absolute atomic E-state index is 12.5. The van der Waals surface area contributed by atoms with Crippen molar-refractivity contribution in [2.75, 3.05) is 5.75 Å². The maximum atomic E-state index is 12.5. The molecule has 0 saturated carbocycles. The van der Waals surface area contributed by atoms with Crippen LogP contribution < -0.4 is 0 Å². The molecular weight excluding hydrogens is 378 g/mol. The molecule has 0 bridgehead atoms. The predicted octanol–water partition coefficient (Wildman–Crippen LogP) is 6.04. The minimum atomic E-state index is -4.36. The van der Waals surface area contributed by atoms with E-state index in [0.717, 1.165) is 23.5 Å². The van der Waals surface area contributed by atoms with E-state index in [-0.39, 0.29) is 5.75 Å². The Hall–Kier alpha value is -0.890. The minimum Gasteiger partial charge on any atom is -0.411 e. The van der Waals surface area contributed by atoms with Crippen LogP contribution in [-0.2, 0) is 6.18 Å². The first-order valence-electron chi connectivity index (χ1n) is 5.77. The molecule has 0 aliphatic carbocycles. The molecule has 0 aliphatic heterocycles. The van der Waals surface area contributed by atoms with Crippen molar-refractivity contribution in [2.24, 2.45) is 5.16 Å². The molecule has 2 rings (SSSR count). The molecule has 22 heavy (non-hydrogen) atoms. The standard InChI is InChI=1S/C13H8Cl2F3NOS2/c14-11-5-9(12(15)22-11)10(19-20)6-21-8-3-1-7(2-4-8)13(16,17)18/h1-5,20H,6H2/b19-10-. The van der Waals surface area contributed by atoms with Gasteiger partial charge in [-0.3, -0.25) is 0 Å². The number of oxime groups is 1. The van der Waals surface area contributed by atoms with Crippen LogP contribution in [0.3, 0.4) is 0 Å². The smallest absolute Gasteiger partial charge is 0.411 e. The summed E-state index contributed by atoms with van der Waals surface area (Å²) in [7, 11) is 0. The number of halogens is 5. The fraction of sp³-hybridized carbons (Fsp3) is 0.154. The number of thiophene rings is 1. The SMILES string of the molecule is O/N=C(/CSc1ccc(C(F)(F)F)cc1)c1cc(Cl)sc1Cl. The Kier molecular flexibility index (Phi) is 5.65. The van der Waals surface area contributed by atoms with Crippen LogP contribution in [0.15, 0.2) is 40.4 Å². The zero-order valence-corrected chi connectivity index (χ0v) is 13.8. The van der Waals surface area contributed by atoms with Gasteiger partial charge in [-0.15, -0.1) is 23.1 Å². The average Bonchev–Trinajstić information content (AvgIpc) is 2.78. The van der Waals surface area contributed by atoms with Gasteiger partial charge >= 0.3 is 6.18 Å². The molecule has 0 radical (unpaired) electrons. The predicted molar refractivity (Wildman–Crippen MR) is 84.8 cm³/mol. The van der Waals surface area contributed by atoms with Gasteiger partial charge in [0.15, 0.2) is 0 Å². The van der Waals surface area contributed by atoms with Gasteiger partial charge in [0.1, 0.15) is 4.34 Å². The topological polar surface area (TPSA) is 32.6 Å². The fourth-order valence-electron chi connectivity index (χ4n) is 1.59. The van der Waals surface area contributed by atoms with Gasteiger partial charge < -0.3 is 5.21 Å². The quantitative estimate of drug-likeness (QED) is 0.301. The highest BCUT2D eigenvalue weighted by Crippen LogP contribution is 2.34. The van der Waals surface area contributed by atoms with E-state index >= 15 is 0 Å². The molecule has 2 nitrogen and oxygen atoms in total. The Labute approximate surface area is 142 Å². The highest BCUT2D eigenvalue weighted by atomic mass is 35.5. The molecule has 9 heteroatoms. The van der Waals surface area contributed by atoms with Crippen molar-refractivity contribution >= 4 is 52.0 Å². The minimum absolute atomic E-state index is 0.245. The monoisotopic (exact) mass is 385 g/mol. The molecule has 0 saturated heterocycles. The van der Waals surface area contributed by atoms with Crippen molar-refractivity contribution in [3.63, 3.8) is 0 Å². The Bertz CT molecular complexity index is 684. The van der Waals surface area contributed by atoms with Gasteiger partial charge in [0.05, 0.1) is 15.6 Å². The molecule has 1 N–H and O–H groups in total. The average molecular weight is 386 g/mol. The summed E-state index contributed by atoms with van der Waals surface area (Å²) in [6.45, 7) is 0. The normalized spacial score (nSPS) is 12.7. The van der Waals surface area contributed by atoms with Crippen LogP contribution in [0.25, 0.3) is 0 Å². The van der Waals surface area contributed by atoms with Gasteiger partial charge in [0.2, 0.25) is 0 Å². The first-order valence-corrected chi connectivity index (χ1v) is 8.33. The van der Waals surface area contributed by atoms with Crippen molar-refractivity contribution in [1.29, 1.82) is 0 Å². The molecule has 118 valence electrons. The van der Waals surface area contributed by atoms with Gasteiger partial charge in [0, 0.05) is 16.2 Å². The molecule has 0 spiro atoms. The molecule has 0 amide bonds. The third-order valence-electron chi connectivity index (χ3n) is 2.65. The molecule has 0 unspecified atom stereocenters. The fourth-order valence-corrected chi connectivity index (χ4v) is 3.94. The number of benzene rings is 1. The van der Waals surface area contributed by atoms with Crippen molar-refractivity contribution in [2.45, 2.75) is 11.1 Å². The van der Waals surface area contributed by atoms with Crippen LogP contribution in [0.2, 0.25) is 8.67 Å². The van der Waals surface area contributed by atoms with Crippen LogP contribution in [0.1, 0.15) is 11.1 Å². The molecule has 2 aromatic rings. The number of nitrogens with zero attached hydrogens (tertiary/aromatic N) is 1. The summed E-state index contributed by atoms with van der Waals surface area (Å²) in [5.41, 5.74) is 0.109. The van der Waals surface area contributed by atoms with E-state index in [0.29, 0.717) is 24.8 Å². The van der Waals surface area contributed by atoms with Crippen molar-refractivity contribution in [1.82, 2.24) is 0 Å². The van der Waals surface area contributed by atoms with E-state index in [1.807, 2.05) is 0 Å². The van der Waals surface area contributed by atoms with Crippen LogP contribution in [0.5, 0.6) is 0 Å². The summed E-state index contributed by atoms with van der Waals surface area (Å²) in [6, 6.07) is 6.32. The molecule has 1 aromatic heterocycles. The van der Waals surface area contributed by atoms with Gasteiger partial charge in [0.25, 0.3) is 0 Å². The number of thioether (sulfide) groups is 1. The summed E-state index contributed by atoms with van der Waals surface area (Å²) in [4.78, 5) is 0.617. The Morgan fingerprint density at radius 3 is 2.32 bits per heavy atom. The molecule has 0 atom stereocenters. The van der Waals surface area contributed by atoms with Crippen molar-refractivity contribution in [3.05, 3.63) is 50.1 Å². The second-order valence-electron chi connectivity index (χ2n) is 4.10. The van der Waals surface area contributed by atoms with Crippen molar-refractivity contribution < 1.29 is 18.4 Å². The molecular formula is C13H8Cl2F3NOS2. The second-order valence-corrected chi connectivity index (χ2v) is 7.43.